The number of hydrogen-bond donors (Lipinski definition) is 2. The van der Waals surface area contributed by atoms with Crippen molar-refractivity contribution in [2.45, 2.75) is 32.9 Å². The van der Waals surface area contributed by atoms with Crippen LogP contribution >= 0.6 is 24.0 Å². The maximum Gasteiger partial charge on any atom is 0.191 e. The van der Waals surface area contributed by atoms with Gasteiger partial charge in [-0.3, -0.25) is 4.99 Å². The van der Waals surface area contributed by atoms with E-state index < -0.39 is 0 Å². The lowest BCUT2D eigenvalue weighted by molar-refractivity contribution is 0.358. The third kappa shape index (κ3) is 4.71. The van der Waals surface area contributed by atoms with E-state index in [1.165, 1.54) is 0 Å². The predicted octanol–water partition coefficient (Wildman–Crippen LogP) is 1.43. The zero-order valence-corrected chi connectivity index (χ0v) is 16.6. The Labute approximate surface area is 160 Å². The van der Waals surface area contributed by atoms with E-state index in [0.717, 1.165) is 56.6 Å². The van der Waals surface area contributed by atoms with Crippen LogP contribution in [0.2, 0.25) is 0 Å². The Balaban J connectivity index is 0.00000208. The van der Waals surface area contributed by atoms with Gasteiger partial charge in [-0.15, -0.1) is 34.2 Å². The predicted molar refractivity (Wildman–Crippen MR) is 106 cm³/mol. The Bertz CT molecular complexity index is 647. The zero-order chi connectivity index (χ0) is 16.1. The summed E-state index contributed by atoms with van der Waals surface area (Å²) in [6.07, 6.45) is 6.29. The first kappa shape index (κ1) is 18.8. The number of halogens is 1. The molecule has 0 saturated heterocycles. The molecule has 1 aliphatic heterocycles. The van der Waals surface area contributed by atoms with Crippen LogP contribution in [0.5, 0.6) is 0 Å². The molecule has 0 saturated carbocycles. The van der Waals surface area contributed by atoms with Crippen molar-refractivity contribution in [3.8, 4) is 0 Å². The van der Waals surface area contributed by atoms with Gasteiger partial charge in [-0.25, -0.2) is 0 Å². The second kappa shape index (κ2) is 9.05. The van der Waals surface area contributed by atoms with E-state index in [9.17, 15) is 0 Å². The largest absolute Gasteiger partial charge is 0.356 e. The summed E-state index contributed by atoms with van der Waals surface area (Å²) in [5.74, 6) is 3.58. The third-order valence-corrected chi connectivity index (χ3v) is 4.34. The molecule has 24 heavy (non-hydrogen) atoms. The first-order chi connectivity index (χ1) is 11.3. The highest BCUT2D eigenvalue weighted by atomic mass is 127. The maximum atomic E-state index is 4.30. The van der Waals surface area contributed by atoms with Crippen molar-refractivity contribution in [2.75, 3.05) is 20.1 Å². The minimum absolute atomic E-state index is 0. The molecule has 0 aromatic carbocycles. The standard InChI is InChI=1S/C16H25N7.HI/c1-13-20-21-15-6-5-14(12-23(13)15)11-19-16(17-2)18-7-10-22-8-3-4-9-22;/h3-4,8-9,14H,5-7,10-12H2,1-2H3,(H2,17,18,19);1H. The summed E-state index contributed by atoms with van der Waals surface area (Å²) in [6, 6.07) is 4.08. The lowest BCUT2D eigenvalue weighted by Crippen LogP contribution is -2.42. The first-order valence-electron chi connectivity index (χ1n) is 8.20. The SMILES string of the molecule is CN=C(NCCn1cccc1)NCC1CCc2nnc(C)n2C1.I. The molecule has 2 aromatic heterocycles. The Morgan fingerprint density at radius 3 is 2.83 bits per heavy atom. The molecule has 0 aliphatic carbocycles. The van der Waals surface area contributed by atoms with Crippen LogP contribution in [0.4, 0.5) is 0 Å². The van der Waals surface area contributed by atoms with Crippen LogP contribution in [0.25, 0.3) is 0 Å². The maximum absolute atomic E-state index is 4.30. The van der Waals surface area contributed by atoms with E-state index in [1.807, 2.05) is 26.1 Å². The fraction of sp³-hybridized carbons (Fsp3) is 0.562. The minimum Gasteiger partial charge on any atom is -0.356 e. The van der Waals surface area contributed by atoms with E-state index >= 15 is 0 Å². The molecule has 132 valence electrons. The summed E-state index contributed by atoms with van der Waals surface area (Å²) in [5.41, 5.74) is 0. The Morgan fingerprint density at radius 2 is 2.08 bits per heavy atom. The van der Waals surface area contributed by atoms with Gasteiger partial charge in [0.2, 0.25) is 0 Å². The van der Waals surface area contributed by atoms with E-state index in [2.05, 4.69) is 47.4 Å². The van der Waals surface area contributed by atoms with Crippen molar-refractivity contribution in [3.63, 3.8) is 0 Å². The van der Waals surface area contributed by atoms with Gasteiger partial charge in [-0.05, 0) is 31.4 Å². The molecule has 0 radical (unpaired) electrons. The van der Waals surface area contributed by atoms with Crippen molar-refractivity contribution < 1.29 is 0 Å². The number of aryl methyl sites for hydroxylation is 2. The molecule has 3 rings (SSSR count). The van der Waals surface area contributed by atoms with Crippen molar-refractivity contribution in [1.29, 1.82) is 0 Å². The number of guanidine groups is 1. The van der Waals surface area contributed by atoms with Gasteiger partial charge < -0.3 is 19.8 Å². The lowest BCUT2D eigenvalue weighted by Gasteiger charge is -2.25. The molecule has 2 aromatic rings. The normalized spacial score (nSPS) is 17.1. The average molecular weight is 443 g/mol. The summed E-state index contributed by atoms with van der Waals surface area (Å²) in [6.45, 7) is 5.71. The summed E-state index contributed by atoms with van der Waals surface area (Å²) in [4.78, 5) is 4.30. The highest BCUT2D eigenvalue weighted by molar-refractivity contribution is 14.0. The zero-order valence-electron chi connectivity index (χ0n) is 14.3. The highest BCUT2D eigenvalue weighted by Crippen LogP contribution is 2.19. The Hall–Kier alpha value is -1.58. The molecule has 0 amide bonds. The second-order valence-corrected chi connectivity index (χ2v) is 5.98. The van der Waals surface area contributed by atoms with Gasteiger partial charge in [0, 0.05) is 52.0 Å². The van der Waals surface area contributed by atoms with Crippen LogP contribution < -0.4 is 10.6 Å². The van der Waals surface area contributed by atoms with Crippen molar-refractivity contribution in [3.05, 3.63) is 36.2 Å². The number of nitrogens with zero attached hydrogens (tertiary/aromatic N) is 5. The van der Waals surface area contributed by atoms with E-state index in [0.29, 0.717) is 5.92 Å². The number of rotatable bonds is 5. The molecule has 1 atom stereocenters. The topological polar surface area (TPSA) is 72.1 Å². The summed E-state index contributed by atoms with van der Waals surface area (Å²) >= 11 is 0. The number of aromatic nitrogens is 4. The molecule has 7 nitrogen and oxygen atoms in total. The monoisotopic (exact) mass is 443 g/mol. The van der Waals surface area contributed by atoms with Crippen LogP contribution in [-0.2, 0) is 19.5 Å². The van der Waals surface area contributed by atoms with Gasteiger partial charge in [0.1, 0.15) is 11.6 Å². The summed E-state index contributed by atoms with van der Waals surface area (Å²) < 4.78 is 4.38. The molecule has 3 heterocycles. The quantitative estimate of drug-likeness (QED) is 0.417. The molecule has 0 bridgehead atoms. The van der Waals surface area contributed by atoms with Crippen molar-refractivity contribution in [1.82, 2.24) is 30.0 Å². The van der Waals surface area contributed by atoms with Gasteiger partial charge in [-0.2, -0.15) is 0 Å². The van der Waals surface area contributed by atoms with Gasteiger partial charge in [0.05, 0.1) is 0 Å². The number of fused-ring (bicyclic) bond motifs is 1. The van der Waals surface area contributed by atoms with Crippen LogP contribution in [0.15, 0.2) is 29.5 Å². The minimum atomic E-state index is 0. The number of hydrogen-bond acceptors (Lipinski definition) is 3. The highest BCUT2D eigenvalue weighted by Gasteiger charge is 2.21. The number of aliphatic imine (C=N–C) groups is 1. The van der Waals surface area contributed by atoms with Crippen molar-refractivity contribution >= 4 is 29.9 Å². The van der Waals surface area contributed by atoms with Crippen LogP contribution in [-0.4, -0.2) is 45.4 Å². The second-order valence-electron chi connectivity index (χ2n) is 5.98. The van der Waals surface area contributed by atoms with E-state index in [4.69, 9.17) is 0 Å². The van der Waals surface area contributed by atoms with Crippen molar-refractivity contribution in [2.24, 2.45) is 10.9 Å². The molecule has 0 spiro atoms. The fourth-order valence-corrected chi connectivity index (χ4v) is 2.98. The smallest absolute Gasteiger partial charge is 0.191 e. The van der Waals surface area contributed by atoms with Gasteiger partial charge in [0.15, 0.2) is 5.96 Å². The third-order valence-electron chi connectivity index (χ3n) is 4.34. The first-order valence-corrected chi connectivity index (χ1v) is 8.20. The van der Waals surface area contributed by atoms with Gasteiger partial charge in [0.25, 0.3) is 0 Å². The van der Waals surface area contributed by atoms with Gasteiger partial charge >= 0.3 is 0 Å². The Kier molecular flexibility index (Phi) is 7.07. The fourth-order valence-electron chi connectivity index (χ4n) is 2.98. The molecule has 1 unspecified atom stereocenters. The lowest BCUT2D eigenvalue weighted by atomic mass is 9.99. The van der Waals surface area contributed by atoms with Crippen LogP contribution in [0.1, 0.15) is 18.1 Å². The molecular weight excluding hydrogens is 417 g/mol. The van der Waals surface area contributed by atoms with Crippen LogP contribution in [0.3, 0.4) is 0 Å². The summed E-state index contributed by atoms with van der Waals surface area (Å²) in [5, 5.41) is 15.2. The Morgan fingerprint density at radius 1 is 1.29 bits per heavy atom. The molecule has 1 aliphatic rings. The van der Waals surface area contributed by atoms with E-state index in [-0.39, 0.29) is 24.0 Å². The number of nitrogens with one attached hydrogen (secondary N) is 2. The van der Waals surface area contributed by atoms with Gasteiger partial charge in [-0.1, -0.05) is 0 Å². The average Bonchev–Trinajstić information content (AvgIpc) is 3.21. The molecule has 2 N–H and O–H groups in total. The molecule has 0 fully saturated rings. The molecular formula is C16H26IN7. The molecule has 8 heteroatoms. The van der Waals surface area contributed by atoms with E-state index in [1.54, 1.807) is 0 Å². The summed E-state index contributed by atoms with van der Waals surface area (Å²) in [7, 11) is 1.81. The van der Waals surface area contributed by atoms with Crippen LogP contribution in [0, 0.1) is 12.8 Å².